The van der Waals surface area contributed by atoms with Crippen molar-refractivity contribution in [2.75, 3.05) is 19.0 Å². The SMILES string of the molecule is CCOC(=O)/C=C/c1cnc(-c2c(OC)ncnc2C2CC2)nc1NCc1ccc(OCc2ccccn2)cc1. The monoisotopic (exact) mass is 538 g/mol. The lowest BCUT2D eigenvalue weighted by Gasteiger charge is -2.14. The van der Waals surface area contributed by atoms with Crippen LogP contribution in [0.4, 0.5) is 5.82 Å². The zero-order valence-corrected chi connectivity index (χ0v) is 22.4. The molecule has 0 atom stereocenters. The molecular weight excluding hydrogens is 508 g/mol. The molecule has 1 aliphatic rings. The van der Waals surface area contributed by atoms with Crippen LogP contribution in [0.25, 0.3) is 17.5 Å². The summed E-state index contributed by atoms with van der Waals surface area (Å²) in [5, 5.41) is 3.39. The number of anilines is 1. The Morgan fingerprint density at radius 2 is 1.93 bits per heavy atom. The highest BCUT2D eigenvalue weighted by Gasteiger charge is 2.31. The first-order valence-electron chi connectivity index (χ1n) is 13.1. The van der Waals surface area contributed by atoms with Gasteiger partial charge in [-0.25, -0.2) is 24.7 Å². The lowest BCUT2D eigenvalue weighted by atomic mass is 10.1. The number of esters is 1. The van der Waals surface area contributed by atoms with Crippen LogP contribution in [0.2, 0.25) is 0 Å². The molecule has 3 aromatic heterocycles. The summed E-state index contributed by atoms with van der Waals surface area (Å²) in [4.78, 5) is 34.5. The number of aromatic nitrogens is 5. The fourth-order valence-electron chi connectivity index (χ4n) is 4.07. The van der Waals surface area contributed by atoms with E-state index in [2.05, 4.69) is 25.3 Å². The van der Waals surface area contributed by atoms with Gasteiger partial charge in [-0.2, -0.15) is 0 Å². The first kappa shape index (κ1) is 26.7. The molecule has 1 aromatic carbocycles. The predicted octanol–water partition coefficient (Wildman–Crippen LogP) is 4.98. The molecule has 1 N–H and O–H groups in total. The molecule has 4 aromatic rings. The summed E-state index contributed by atoms with van der Waals surface area (Å²) < 4.78 is 16.4. The van der Waals surface area contributed by atoms with E-state index in [1.807, 2.05) is 42.5 Å². The highest BCUT2D eigenvalue weighted by molar-refractivity contribution is 5.88. The number of nitrogens with one attached hydrogen (secondary N) is 1. The Bertz CT molecular complexity index is 1470. The van der Waals surface area contributed by atoms with Crippen molar-refractivity contribution in [2.45, 2.75) is 38.8 Å². The van der Waals surface area contributed by atoms with Crippen molar-refractivity contribution in [3.05, 3.63) is 89.8 Å². The van der Waals surface area contributed by atoms with E-state index in [4.69, 9.17) is 19.2 Å². The number of carbonyl (C=O) groups excluding carboxylic acids is 1. The molecule has 40 heavy (non-hydrogen) atoms. The largest absolute Gasteiger partial charge is 0.487 e. The number of rotatable bonds is 12. The van der Waals surface area contributed by atoms with Crippen LogP contribution in [0, 0.1) is 0 Å². The molecule has 0 spiro atoms. The first-order chi connectivity index (χ1) is 19.6. The molecule has 5 rings (SSSR count). The topological polar surface area (TPSA) is 121 Å². The van der Waals surface area contributed by atoms with Gasteiger partial charge in [-0.15, -0.1) is 0 Å². The standard InChI is InChI=1S/C30H30N6O4/c1-3-39-25(37)14-11-22-17-33-29(26-27(21-9-10-21)34-19-35-30(26)38-2)36-28(22)32-16-20-7-12-24(13-8-20)40-18-23-6-4-5-15-31-23/h4-8,11-15,17,19,21H,3,9-10,16,18H2,1-2H3,(H,32,33,36)/b14-11+. The second kappa shape index (κ2) is 12.8. The summed E-state index contributed by atoms with van der Waals surface area (Å²) in [6.45, 7) is 2.93. The number of nitrogens with zero attached hydrogens (tertiary/aromatic N) is 5. The third-order valence-corrected chi connectivity index (χ3v) is 6.22. The van der Waals surface area contributed by atoms with Crippen molar-refractivity contribution in [2.24, 2.45) is 0 Å². The zero-order valence-electron chi connectivity index (χ0n) is 22.4. The zero-order chi connectivity index (χ0) is 27.7. The maximum absolute atomic E-state index is 12.0. The van der Waals surface area contributed by atoms with Crippen LogP contribution >= 0.6 is 0 Å². The Labute approximate surface area is 232 Å². The molecule has 0 bridgehead atoms. The maximum atomic E-state index is 12.0. The summed E-state index contributed by atoms with van der Waals surface area (Å²) in [7, 11) is 1.57. The number of benzene rings is 1. The average Bonchev–Trinajstić information content (AvgIpc) is 3.85. The van der Waals surface area contributed by atoms with Crippen LogP contribution < -0.4 is 14.8 Å². The highest BCUT2D eigenvalue weighted by Crippen LogP contribution is 2.45. The highest BCUT2D eigenvalue weighted by atomic mass is 16.5. The second-order valence-electron chi connectivity index (χ2n) is 9.11. The van der Waals surface area contributed by atoms with E-state index in [1.54, 1.807) is 32.5 Å². The van der Waals surface area contributed by atoms with E-state index in [0.717, 1.165) is 35.5 Å². The first-order valence-corrected chi connectivity index (χ1v) is 13.1. The van der Waals surface area contributed by atoms with Gasteiger partial charge < -0.3 is 19.5 Å². The third-order valence-electron chi connectivity index (χ3n) is 6.22. The summed E-state index contributed by atoms with van der Waals surface area (Å²) in [5.41, 5.74) is 4.09. The summed E-state index contributed by atoms with van der Waals surface area (Å²) in [6, 6.07) is 13.5. The number of hydrogen-bond acceptors (Lipinski definition) is 10. The van der Waals surface area contributed by atoms with Crippen molar-refractivity contribution < 1.29 is 19.0 Å². The molecule has 1 saturated carbocycles. The van der Waals surface area contributed by atoms with Crippen LogP contribution in [0.15, 0.2) is 67.3 Å². The molecular formula is C30H30N6O4. The Kier molecular flexibility index (Phi) is 8.55. The average molecular weight is 539 g/mol. The Hall–Kier alpha value is -4.86. The van der Waals surface area contributed by atoms with Gasteiger partial charge in [-0.05, 0) is 55.7 Å². The van der Waals surface area contributed by atoms with E-state index in [9.17, 15) is 4.79 Å². The molecule has 1 aliphatic carbocycles. The van der Waals surface area contributed by atoms with E-state index >= 15 is 0 Å². The van der Waals surface area contributed by atoms with Crippen molar-refractivity contribution in [3.63, 3.8) is 0 Å². The van der Waals surface area contributed by atoms with Crippen LogP contribution in [0.3, 0.4) is 0 Å². The molecule has 1 fully saturated rings. The second-order valence-corrected chi connectivity index (χ2v) is 9.11. The lowest BCUT2D eigenvalue weighted by Crippen LogP contribution is -2.08. The van der Waals surface area contributed by atoms with Gasteiger partial charge in [0.15, 0.2) is 5.82 Å². The number of methoxy groups -OCH3 is 1. The molecule has 10 nitrogen and oxygen atoms in total. The Balaban J connectivity index is 1.37. The van der Waals surface area contributed by atoms with E-state index in [1.165, 1.54) is 12.4 Å². The Morgan fingerprint density at radius 3 is 2.65 bits per heavy atom. The van der Waals surface area contributed by atoms with E-state index in [0.29, 0.717) is 54.3 Å². The molecule has 0 unspecified atom stereocenters. The van der Waals surface area contributed by atoms with Gasteiger partial charge in [0.25, 0.3) is 0 Å². The minimum absolute atomic E-state index is 0.295. The molecule has 204 valence electrons. The normalized spacial score (nSPS) is 12.8. The van der Waals surface area contributed by atoms with Gasteiger partial charge in [0.2, 0.25) is 5.88 Å². The van der Waals surface area contributed by atoms with E-state index in [-0.39, 0.29) is 0 Å². The summed E-state index contributed by atoms with van der Waals surface area (Å²) in [5.74, 6) is 2.09. The number of hydrogen-bond donors (Lipinski definition) is 1. The van der Waals surface area contributed by atoms with Crippen LogP contribution in [-0.4, -0.2) is 44.6 Å². The lowest BCUT2D eigenvalue weighted by molar-refractivity contribution is -0.137. The van der Waals surface area contributed by atoms with Crippen LogP contribution in [-0.2, 0) is 22.7 Å². The maximum Gasteiger partial charge on any atom is 0.330 e. The van der Waals surface area contributed by atoms with Gasteiger partial charge in [-0.3, -0.25) is 4.98 Å². The minimum Gasteiger partial charge on any atom is -0.487 e. The van der Waals surface area contributed by atoms with Gasteiger partial charge in [0.05, 0.1) is 25.1 Å². The molecule has 0 radical (unpaired) electrons. The number of ether oxygens (including phenoxy) is 3. The molecule has 10 heteroatoms. The fourth-order valence-corrected chi connectivity index (χ4v) is 4.07. The molecule has 0 saturated heterocycles. The number of pyridine rings is 1. The van der Waals surface area contributed by atoms with Gasteiger partial charge in [-0.1, -0.05) is 18.2 Å². The van der Waals surface area contributed by atoms with Crippen molar-refractivity contribution in [1.82, 2.24) is 24.9 Å². The van der Waals surface area contributed by atoms with Gasteiger partial charge >= 0.3 is 5.97 Å². The van der Waals surface area contributed by atoms with Crippen molar-refractivity contribution in [1.29, 1.82) is 0 Å². The van der Waals surface area contributed by atoms with Gasteiger partial charge in [0.1, 0.15) is 30.1 Å². The molecule has 0 amide bonds. The van der Waals surface area contributed by atoms with Crippen LogP contribution in [0.1, 0.15) is 48.2 Å². The molecule has 3 heterocycles. The van der Waals surface area contributed by atoms with Crippen LogP contribution in [0.5, 0.6) is 11.6 Å². The smallest absolute Gasteiger partial charge is 0.330 e. The summed E-state index contributed by atoms with van der Waals surface area (Å²) in [6.07, 6.45) is 10.0. The van der Waals surface area contributed by atoms with Crippen molar-refractivity contribution in [3.8, 4) is 23.0 Å². The quantitative estimate of drug-likeness (QED) is 0.195. The van der Waals surface area contributed by atoms with Crippen molar-refractivity contribution >= 4 is 17.9 Å². The predicted molar refractivity (Wildman–Crippen MR) is 150 cm³/mol. The van der Waals surface area contributed by atoms with E-state index < -0.39 is 5.97 Å². The number of carbonyl (C=O) groups is 1. The Morgan fingerprint density at radius 1 is 1.07 bits per heavy atom. The summed E-state index contributed by atoms with van der Waals surface area (Å²) >= 11 is 0. The minimum atomic E-state index is -0.437. The molecule has 0 aliphatic heterocycles. The fraction of sp³-hybridized carbons (Fsp3) is 0.267. The van der Waals surface area contributed by atoms with Gasteiger partial charge in [0, 0.05) is 36.5 Å². The third kappa shape index (κ3) is 6.76.